The lowest BCUT2D eigenvalue weighted by Gasteiger charge is -2.37. The minimum Gasteiger partial charge on any atom is -0.308 e. The van der Waals surface area contributed by atoms with Crippen molar-refractivity contribution < 1.29 is 0 Å². The van der Waals surface area contributed by atoms with Gasteiger partial charge in [-0.15, -0.1) is 6.58 Å². The van der Waals surface area contributed by atoms with Gasteiger partial charge in [0.2, 0.25) is 0 Å². The number of rotatable bonds is 4. The molecule has 2 nitrogen and oxygen atoms in total. The predicted octanol–water partition coefficient (Wildman–Crippen LogP) is 2.09. The predicted molar refractivity (Wildman–Crippen MR) is 54.1 cm³/mol. The molecule has 1 aliphatic heterocycles. The Bertz CT molecular complexity index is 247. The molecule has 0 bridgehead atoms. The Hall–Kier alpha value is -0.810. The van der Waals surface area contributed by atoms with Crippen LogP contribution in [0.25, 0.3) is 0 Å². The summed E-state index contributed by atoms with van der Waals surface area (Å²) in [5, 5.41) is 12.2. The summed E-state index contributed by atoms with van der Waals surface area (Å²) in [4.78, 5) is 0. The molecule has 0 aromatic rings. The van der Waals surface area contributed by atoms with Gasteiger partial charge in [-0.1, -0.05) is 19.9 Å². The average Bonchev–Trinajstić information content (AvgIpc) is 2.84. The lowest BCUT2D eigenvalue weighted by atomic mass is 9.67. The highest BCUT2D eigenvalue weighted by molar-refractivity contribution is 5.16. The fourth-order valence-corrected chi connectivity index (χ4v) is 1.82. The van der Waals surface area contributed by atoms with Gasteiger partial charge >= 0.3 is 0 Å². The first-order valence-corrected chi connectivity index (χ1v) is 4.75. The van der Waals surface area contributed by atoms with Crippen LogP contribution in [0.4, 0.5) is 0 Å². The molecule has 0 radical (unpaired) electrons. The summed E-state index contributed by atoms with van der Waals surface area (Å²) >= 11 is 0. The van der Waals surface area contributed by atoms with E-state index in [2.05, 4.69) is 38.7 Å². The van der Waals surface area contributed by atoms with E-state index in [0.29, 0.717) is 12.3 Å². The highest BCUT2D eigenvalue weighted by Crippen LogP contribution is 2.46. The molecule has 13 heavy (non-hydrogen) atoms. The van der Waals surface area contributed by atoms with Gasteiger partial charge in [0.25, 0.3) is 0 Å². The minimum absolute atomic E-state index is 0.0174. The first kappa shape index (κ1) is 10.3. The van der Waals surface area contributed by atoms with Crippen molar-refractivity contribution in [1.82, 2.24) is 5.32 Å². The third-order valence-corrected chi connectivity index (χ3v) is 3.77. The van der Waals surface area contributed by atoms with Crippen LogP contribution >= 0.6 is 0 Å². The number of nitriles is 1. The van der Waals surface area contributed by atoms with Gasteiger partial charge in [0.05, 0.1) is 6.07 Å². The molecule has 0 spiro atoms. The van der Waals surface area contributed by atoms with E-state index in [4.69, 9.17) is 5.26 Å². The average molecular weight is 178 g/mol. The van der Waals surface area contributed by atoms with E-state index in [1.165, 1.54) is 0 Å². The summed E-state index contributed by atoms with van der Waals surface area (Å²) in [7, 11) is 0. The maximum Gasteiger partial charge on any atom is 0.0628 e. The van der Waals surface area contributed by atoms with Crippen molar-refractivity contribution in [1.29, 1.82) is 5.26 Å². The molecule has 1 fully saturated rings. The highest BCUT2D eigenvalue weighted by Gasteiger charge is 2.54. The van der Waals surface area contributed by atoms with Crippen LogP contribution in [0.2, 0.25) is 0 Å². The number of hydrogen-bond acceptors (Lipinski definition) is 2. The van der Waals surface area contributed by atoms with E-state index < -0.39 is 0 Å². The van der Waals surface area contributed by atoms with Gasteiger partial charge in [-0.3, -0.25) is 0 Å². The maximum atomic E-state index is 8.83. The van der Waals surface area contributed by atoms with Crippen molar-refractivity contribution in [3.8, 4) is 6.07 Å². The molecule has 0 aliphatic carbocycles. The van der Waals surface area contributed by atoms with Gasteiger partial charge in [0.15, 0.2) is 0 Å². The SMILES string of the molecule is C=C[C@@H](C)C(C)(CC#N)C1(C)CN1. The fraction of sp³-hybridized carbons (Fsp3) is 0.727. The van der Waals surface area contributed by atoms with Gasteiger partial charge in [-0.05, 0) is 12.8 Å². The molecule has 3 atom stereocenters. The quantitative estimate of drug-likeness (QED) is 0.529. The van der Waals surface area contributed by atoms with Crippen molar-refractivity contribution in [2.75, 3.05) is 6.54 Å². The summed E-state index contributed by atoms with van der Waals surface area (Å²) in [5.41, 5.74) is 0.153. The molecule has 1 aliphatic rings. The van der Waals surface area contributed by atoms with Crippen LogP contribution in [-0.4, -0.2) is 12.1 Å². The van der Waals surface area contributed by atoms with Gasteiger partial charge < -0.3 is 5.32 Å². The van der Waals surface area contributed by atoms with E-state index in [-0.39, 0.29) is 11.0 Å². The van der Waals surface area contributed by atoms with Crippen molar-refractivity contribution in [3.63, 3.8) is 0 Å². The Morgan fingerprint density at radius 2 is 2.38 bits per heavy atom. The first-order chi connectivity index (χ1) is 6.00. The second-order valence-corrected chi connectivity index (χ2v) is 4.46. The van der Waals surface area contributed by atoms with Gasteiger partial charge in [-0.25, -0.2) is 0 Å². The molecule has 0 aromatic carbocycles. The number of hydrogen-bond donors (Lipinski definition) is 1. The van der Waals surface area contributed by atoms with Crippen LogP contribution in [0.15, 0.2) is 12.7 Å². The summed E-state index contributed by atoms with van der Waals surface area (Å²) in [5.74, 6) is 0.368. The zero-order valence-corrected chi connectivity index (χ0v) is 8.72. The third kappa shape index (κ3) is 1.49. The lowest BCUT2D eigenvalue weighted by Crippen LogP contribution is -2.40. The fourth-order valence-electron chi connectivity index (χ4n) is 1.82. The zero-order valence-electron chi connectivity index (χ0n) is 8.72. The van der Waals surface area contributed by atoms with Crippen molar-refractivity contribution in [3.05, 3.63) is 12.7 Å². The molecule has 1 saturated heterocycles. The van der Waals surface area contributed by atoms with E-state index in [1.54, 1.807) is 0 Å². The van der Waals surface area contributed by atoms with Crippen LogP contribution in [0.3, 0.4) is 0 Å². The van der Waals surface area contributed by atoms with Crippen LogP contribution in [0.1, 0.15) is 27.2 Å². The molecule has 72 valence electrons. The van der Waals surface area contributed by atoms with Gasteiger partial charge in [-0.2, -0.15) is 5.26 Å². The summed E-state index contributed by atoms with van der Waals surface area (Å²) in [6.45, 7) is 11.3. The van der Waals surface area contributed by atoms with E-state index >= 15 is 0 Å². The molecule has 1 N–H and O–H groups in total. The second kappa shape index (κ2) is 3.16. The number of nitrogens with one attached hydrogen (secondary N) is 1. The summed E-state index contributed by atoms with van der Waals surface area (Å²) < 4.78 is 0. The monoisotopic (exact) mass is 178 g/mol. The molecule has 1 rings (SSSR count). The standard InChI is InChI=1S/C11H18N2/c1-5-9(2)10(3,6-7-12)11(4)8-13-11/h5,9,13H,1,6,8H2,2-4H3/t9-,10?,11?/m1/s1. The first-order valence-electron chi connectivity index (χ1n) is 4.75. The van der Waals surface area contributed by atoms with E-state index in [0.717, 1.165) is 6.54 Å². The molecule has 2 unspecified atom stereocenters. The highest BCUT2D eigenvalue weighted by atomic mass is 15.2. The van der Waals surface area contributed by atoms with Crippen LogP contribution < -0.4 is 5.32 Å². The number of allylic oxidation sites excluding steroid dienone is 1. The second-order valence-electron chi connectivity index (χ2n) is 4.46. The molecule has 2 heteroatoms. The zero-order chi connectivity index (χ0) is 10.1. The topological polar surface area (TPSA) is 45.7 Å². The van der Waals surface area contributed by atoms with Gasteiger partial charge in [0.1, 0.15) is 0 Å². The third-order valence-electron chi connectivity index (χ3n) is 3.77. The molecular weight excluding hydrogens is 160 g/mol. The van der Waals surface area contributed by atoms with E-state index in [9.17, 15) is 0 Å². The Morgan fingerprint density at radius 3 is 2.69 bits per heavy atom. The van der Waals surface area contributed by atoms with Gasteiger partial charge in [0, 0.05) is 23.9 Å². The van der Waals surface area contributed by atoms with Crippen molar-refractivity contribution in [2.24, 2.45) is 11.3 Å². The van der Waals surface area contributed by atoms with Crippen molar-refractivity contribution >= 4 is 0 Å². The maximum absolute atomic E-state index is 8.83. The van der Waals surface area contributed by atoms with Crippen LogP contribution in [-0.2, 0) is 0 Å². The Balaban J connectivity index is 2.87. The normalized spacial score (nSPS) is 32.8. The molecule has 1 heterocycles. The largest absolute Gasteiger partial charge is 0.308 e. The summed E-state index contributed by atoms with van der Waals surface area (Å²) in [6.07, 6.45) is 2.53. The van der Waals surface area contributed by atoms with Crippen molar-refractivity contribution in [2.45, 2.75) is 32.7 Å². The number of nitrogens with zero attached hydrogens (tertiary/aromatic N) is 1. The Kier molecular flexibility index (Phi) is 2.49. The summed E-state index contributed by atoms with van der Waals surface area (Å²) in [6, 6.07) is 2.28. The Morgan fingerprint density at radius 1 is 1.85 bits per heavy atom. The van der Waals surface area contributed by atoms with Crippen LogP contribution in [0, 0.1) is 22.7 Å². The molecular formula is C11H18N2. The molecule has 0 amide bonds. The smallest absolute Gasteiger partial charge is 0.0628 e. The molecule has 0 saturated carbocycles. The van der Waals surface area contributed by atoms with E-state index in [1.807, 2.05) is 6.08 Å². The Labute approximate surface area is 80.6 Å². The molecule has 0 aromatic heterocycles. The van der Waals surface area contributed by atoms with Crippen LogP contribution in [0.5, 0.6) is 0 Å². The minimum atomic E-state index is 0.0174. The lowest BCUT2D eigenvalue weighted by molar-refractivity contribution is 0.182.